The van der Waals surface area contributed by atoms with Crippen LogP contribution < -0.4 is 15.0 Å². The van der Waals surface area contributed by atoms with Crippen LogP contribution in [0.2, 0.25) is 0 Å². The Morgan fingerprint density at radius 3 is 2.55 bits per heavy atom. The summed E-state index contributed by atoms with van der Waals surface area (Å²) in [5.41, 5.74) is -2.62. The van der Waals surface area contributed by atoms with Crippen LogP contribution >= 0.6 is 11.3 Å². The molecule has 3 aromatic rings. The van der Waals surface area contributed by atoms with Gasteiger partial charge < -0.3 is 14.7 Å². The van der Waals surface area contributed by atoms with Crippen molar-refractivity contribution in [3.8, 4) is 17.0 Å². The van der Waals surface area contributed by atoms with E-state index in [1.165, 1.54) is 43.0 Å². The van der Waals surface area contributed by atoms with Crippen molar-refractivity contribution < 1.29 is 37.0 Å². The van der Waals surface area contributed by atoms with Crippen LogP contribution in [0, 0.1) is 0 Å². The first-order valence-corrected chi connectivity index (χ1v) is 15.0. The van der Waals surface area contributed by atoms with Crippen molar-refractivity contribution >= 4 is 34.2 Å². The van der Waals surface area contributed by atoms with Crippen LogP contribution in [0.1, 0.15) is 60.0 Å². The van der Waals surface area contributed by atoms with Gasteiger partial charge in [0.25, 0.3) is 5.91 Å². The van der Waals surface area contributed by atoms with E-state index in [9.17, 15) is 27.2 Å². The molecule has 1 atom stereocenters. The smallest absolute Gasteiger partial charge is 0.419 e. The van der Waals surface area contributed by atoms with Crippen LogP contribution in [-0.2, 0) is 17.5 Å². The highest BCUT2D eigenvalue weighted by molar-refractivity contribution is 7.16. The predicted molar refractivity (Wildman–Crippen MR) is 156 cm³/mol. The molecule has 10 nitrogen and oxygen atoms in total. The number of rotatable bonds is 9. The van der Waals surface area contributed by atoms with Gasteiger partial charge in [-0.15, -0.1) is 0 Å². The van der Waals surface area contributed by atoms with Gasteiger partial charge in [-0.3, -0.25) is 15.0 Å². The average molecular weight is 637 g/mol. The van der Waals surface area contributed by atoms with Crippen molar-refractivity contribution in [2.45, 2.75) is 63.5 Å². The summed E-state index contributed by atoms with van der Waals surface area (Å²) in [6.45, 7) is 3.69. The highest BCUT2D eigenvalue weighted by Gasteiger charge is 2.42. The number of hydrogen-bond acceptors (Lipinski definition) is 9. The van der Waals surface area contributed by atoms with Gasteiger partial charge in [0.15, 0.2) is 5.13 Å². The lowest BCUT2D eigenvalue weighted by atomic mass is 9.93. The van der Waals surface area contributed by atoms with E-state index in [0.29, 0.717) is 24.1 Å². The molecular weight excluding hydrogens is 604 g/mol. The molecule has 0 unspecified atom stereocenters. The summed E-state index contributed by atoms with van der Waals surface area (Å²) in [7, 11) is 1.18. The number of piperidine rings is 1. The maximum absolute atomic E-state index is 14.4. The highest BCUT2D eigenvalue weighted by Crippen LogP contribution is 2.41. The number of alkyl halides is 4. The Labute approximate surface area is 255 Å². The average Bonchev–Trinajstić information content (AvgIpc) is 3.63. The lowest BCUT2D eigenvalue weighted by molar-refractivity contribution is -0.152. The van der Waals surface area contributed by atoms with Gasteiger partial charge >= 0.3 is 12.1 Å². The predicted octanol–water partition coefficient (Wildman–Crippen LogP) is 5.65. The number of nitrogens with zero attached hydrogens (tertiary/aromatic N) is 5. The monoisotopic (exact) mass is 636 g/mol. The number of likely N-dealkylation sites (tertiary alicyclic amines) is 1. The lowest BCUT2D eigenvalue weighted by Crippen LogP contribution is -2.46. The topological polar surface area (TPSA) is 121 Å². The fourth-order valence-corrected chi connectivity index (χ4v) is 6.64. The van der Waals surface area contributed by atoms with E-state index in [1.54, 1.807) is 4.90 Å². The molecule has 2 N–H and O–H groups in total. The molecule has 44 heavy (non-hydrogen) atoms. The van der Waals surface area contributed by atoms with Crippen LogP contribution in [-0.4, -0.2) is 75.3 Å². The zero-order valence-corrected chi connectivity index (χ0v) is 25.0. The Balaban J connectivity index is 1.37. The Morgan fingerprint density at radius 2 is 1.93 bits per heavy atom. The van der Waals surface area contributed by atoms with E-state index < -0.39 is 29.3 Å². The molecule has 0 bridgehead atoms. The van der Waals surface area contributed by atoms with Gasteiger partial charge in [-0.1, -0.05) is 18.3 Å². The molecule has 2 aromatic heterocycles. The van der Waals surface area contributed by atoms with Crippen molar-refractivity contribution in [3.63, 3.8) is 0 Å². The number of carboxylic acids is 1. The number of amides is 1. The van der Waals surface area contributed by atoms with E-state index in [1.807, 2.05) is 0 Å². The number of nitrogens with one attached hydrogen (secondary N) is 1. The standard InChI is InChI=1S/C29H32F4N6O4S/c1-3-18-5-4-10-39(18)16-22-24(17-6-7-21(43-2)19(13-17)29(31,32)33)36-27(44-22)37-25(40)20-14-35-23(15-34-20)38-11-8-28(30,9-12-38)26(41)42/h6-7,13-15,18H,3-5,8-12,16H2,1-2H3,(H,41,42)(H,36,37,40)/t18-/m1/s1. The van der Waals surface area contributed by atoms with Crippen LogP contribution in [0.5, 0.6) is 5.75 Å². The number of aromatic nitrogens is 3. The molecule has 0 spiro atoms. The molecule has 2 fully saturated rings. The molecular formula is C29H32F4N6O4S. The summed E-state index contributed by atoms with van der Waals surface area (Å²) < 4.78 is 60.8. The number of benzene rings is 1. The van der Waals surface area contributed by atoms with E-state index in [2.05, 4.69) is 32.1 Å². The third-order valence-corrected chi connectivity index (χ3v) is 9.10. The number of methoxy groups -OCH3 is 1. The minimum Gasteiger partial charge on any atom is -0.496 e. The van der Waals surface area contributed by atoms with Gasteiger partial charge in [-0.25, -0.2) is 24.1 Å². The second-order valence-corrected chi connectivity index (χ2v) is 11.9. The van der Waals surface area contributed by atoms with Crippen LogP contribution in [0.3, 0.4) is 0 Å². The number of carboxylic acid groups (broad SMARTS) is 1. The maximum atomic E-state index is 14.4. The van der Waals surface area contributed by atoms with E-state index >= 15 is 0 Å². The van der Waals surface area contributed by atoms with Crippen molar-refractivity contribution in [2.75, 3.05) is 37.0 Å². The molecule has 2 aliphatic heterocycles. The first-order valence-electron chi connectivity index (χ1n) is 14.2. The van der Waals surface area contributed by atoms with Crippen LogP contribution in [0.15, 0.2) is 30.6 Å². The molecule has 5 rings (SSSR count). The second-order valence-electron chi connectivity index (χ2n) is 10.8. The number of halogens is 4. The Bertz CT molecular complexity index is 1510. The zero-order chi connectivity index (χ0) is 31.6. The van der Waals surface area contributed by atoms with Crippen molar-refractivity contribution in [2.24, 2.45) is 0 Å². The van der Waals surface area contributed by atoms with Crippen molar-refractivity contribution in [3.05, 3.63) is 46.7 Å². The Kier molecular flexibility index (Phi) is 9.07. The van der Waals surface area contributed by atoms with Gasteiger partial charge in [-0.2, -0.15) is 13.2 Å². The molecule has 4 heterocycles. The zero-order valence-electron chi connectivity index (χ0n) is 24.2. The first-order chi connectivity index (χ1) is 20.9. The quantitative estimate of drug-likeness (QED) is 0.287. The Hall–Kier alpha value is -3.85. The van der Waals surface area contributed by atoms with Crippen LogP contribution in [0.25, 0.3) is 11.3 Å². The van der Waals surface area contributed by atoms with Gasteiger partial charge in [0, 0.05) is 49.0 Å². The lowest BCUT2D eigenvalue weighted by Gasteiger charge is -2.34. The first kappa shape index (κ1) is 31.6. The second kappa shape index (κ2) is 12.6. The number of ether oxygens (including phenoxy) is 1. The minimum atomic E-state index is -4.64. The number of aliphatic carboxylic acids is 1. The SMILES string of the molecule is CC[C@@H]1CCCN1Cc1sc(NC(=O)c2cnc(N3CCC(F)(C(=O)O)CC3)cn2)nc1-c1ccc(OC)c(C(F)(F)F)c1. The summed E-state index contributed by atoms with van der Waals surface area (Å²) in [6, 6.07) is 4.15. The van der Waals surface area contributed by atoms with Crippen molar-refractivity contribution in [1.29, 1.82) is 0 Å². The molecule has 0 aliphatic carbocycles. The molecule has 2 saturated heterocycles. The molecule has 2 aliphatic rings. The molecule has 1 aromatic carbocycles. The van der Waals surface area contributed by atoms with Crippen LogP contribution in [0.4, 0.5) is 28.5 Å². The number of anilines is 2. The van der Waals surface area contributed by atoms with Gasteiger partial charge in [0.1, 0.15) is 17.3 Å². The normalized spacial score (nSPS) is 18.8. The highest BCUT2D eigenvalue weighted by atomic mass is 32.1. The molecule has 1 amide bonds. The minimum absolute atomic E-state index is 0.0242. The summed E-state index contributed by atoms with van der Waals surface area (Å²) >= 11 is 1.19. The summed E-state index contributed by atoms with van der Waals surface area (Å²) in [4.78, 5) is 41.9. The summed E-state index contributed by atoms with van der Waals surface area (Å²) in [6.07, 6.45) is 0.580. The molecule has 15 heteroatoms. The third kappa shape index (κ3) is 6.62. The largest absolute Gasteiger partial charge is 0.496 e. The number of carbonyl (C=O) groups is 2. The molecule has 236 valence electrons. The molecule has 0 saturated carbocycles. The fourth-order valence-electron chi connectivity index (χ4n) is 5.63. The summed E-state index contributed by atoms with van der Waals surface area (Å²) in [5, 5.41) is 12.0. The number of hydrogen-bond donors (Lipinski definition) is 2. The number of carbonyl (C=O) groups excluding carboxylic acids is 1. The van der Waals surface area contributed by atoms with Gasteiger partial charge in [0.05, 0.1) is 30.8 Å². The maximum Gasteiger partial charge on any atom is 0.419 e. The summed E-state index contributed by atoms with van der Waals surface area (Å²) in [5.74, 6) is -2.01. The van der Waals surface area contributed by atoms with Crippen molar-refractivity contribution in [1.82, 2.24) is 19.9 Å². The number of thiazole rings is 1. The Morgan fingerprint density at radius 1 is 1.18 bits per heavy atom. The van der Waals surface area contributed by atoms with Gasteiger partial charge in [0.2, 0.25) is 5.67 Å². The van der Waals surface area contributed by atoms with Gasteiger partial charge in [-0.05, 0) is 44.0 Å². The third-order valence-electron chi connectivity index (χ3n) is 8.15. The van der Waals surface area contributed by atoms with E-state index in [4.69, 9.17) is 9.84 Å². The van der Waals surface area contributed by atoms with E-state index in [-0.39, 0.29) is 48.1 Å². The fraction of sp³-hybridized carbons (Fsp3) is 0.483. The van der Waals surface area contributed by atoms with E-state index in [0.717, 1.165) is 36.8 Å². The molecule has 0 radical (unpaired) electrons.